The number of hydrogen-bond acceptors (Lipinski definition) is 2. The SMILES string of the molecule is CCOc1cccc(C2(NC)CC2)c1. The van der Waals surface area contributed by atoms with Gasteiger partial charge in [-0.15, -0.1) is 0 Å². The largest absolute Gasteiger partial charge is 0.494 e. The van der Waals surface area contributed by atoms with E-state index < -0.39 is 0 Å². The van der Waals surface area contributed by atoms with Gasteiger partial charge in [-0.25, -0.2) is 0 Å². The molecule has 2 nitrogen and oxygen atoms in total. The summed E-state index contributed by atoms with van der Waals surface area (Å²) in [5, 5.41) is 3.38. The summed E-state index contributed by atoms with van der Waals surface area (Å²) < 4.78 is 5.49. The van der Waals surface area contributed by atoms with Crippen molar-refractivity contribution < 1.29 is 4.74 Å². The minimum atomic E-state index is 0.243. The Balaban J connectivity index is 2.22. The molecular weight excluding hydrogens is 174 g/mol. The van der Waals surface area contributed by atoms with Gasteiger partial charge in [-0.2, -0.15) is 0 Å². The van der Waals surface area contributed by atoms with Crippen molar-refractivity contribution in [1.82, 2.24) is 5.32 Å². The minimum Gasteiger partial charge on any atom is -0.494 e. The fraction of sp³-hybridized carbons (Fsp3) is 0.500. The van der Waals surface area contributed by atoms with Crippen LogP contribution in [-0.4, -0.2) is 13.7 Å². The van der Waals surface area contributed by atoms with Gasteiger partial charge >= 0.3 is 0 Å². The fourth-order valence-corrected chi connectivity index (χ4v) is 1.86. The first-order chi connectivity index (χ1) is 6.80. The molecule has 0 aliphatic heterocycles. The maximum atomic E-state index is 5.49. The molecule has 76 valence electrons. The first kappa shape index (κ1) is 9.53. The van der Waals surface area contributed by atoms with Gasteiger partial charge in [0.05, 0.1) is 6.61 Å². The summed E-state index contributed by atoms with van der Waals surface area (Å²) in [5.74, 6) is 0.978. The first-order valence-electron chi connectivity index (χ1n) is 5.23. The van der Waals surface area contributed by atoms with Crippen LogP contribution >= 0.6 is 0 Å². The van der Waals surface area contributed by atoms with Crippen LogP contribution in [0, 0.1) is 0 Å². The minimum absolute atomic E-state index is 0.243. The molecule has 2 heteroatoms. The second kappa shape index (κ2) is 3.62. The Hall–Kier alpha value is -1.02. The maximum absolute atomic E-state index is 5.49. The second-order valence-corrected chi connectivity index (χ2v) is 3.79. The van der Waals surface area contributed by atoms with E-state index in [1.807, 2.05) is 20.0 Å². The summed E-state index contributed by atoms with van der Waals surface area (Å²) in [5.41, 5.74) is 1.60. The van der Waals surface area contributed by atoms with Crippen LogP contribution in [0.25, 0.3) is 0 Å². The van der Waals surface area contributed by atoms with Gasteiger partial charge < -0.3 is 10.1 Å². The van der Waals surface area contributed by atoms with Gasteiger partial charge in [0.1, 0.15) is 5.75 Å². The Labute approximate surface area is 85.3 Å². The number of hydrogen-bond donors (Lipinski definition) is 1. The third kappa shape index (κ3) is 1.62. The molecule has 0 saturated heterocycles. The molecule has 1 aliphatic rings. The molecule has 0 unspecified atom stereocenters. The van der Waals surface area contributed by atoms with E-state index in [1.54, 1.807) is 0 Å². The lowest BCUT2D eigenvalue weighted by Gasteiger charge is -2.15. The Morgan fingerprint density at radius 1 is 1.43 bits per heavy atom. The lowest BCUT2D eigenvalue weighted by molar-refractivity contribution is 0.339. The number of ether oxygens (including phenoxy) is 1. The van der Waals surface area contributed by atoms with Gasteiger partial charge in [0, 0.05) is 5.54 Å². The molecule has 0 aromatic heterocycles. The van der Waals surface area contributed by atoms with Crippen LogP contribution in [0.4, 0.5) is 0 Å². The van der Waals surface area contributed by atoms with E-state index in [-0.39, 0.29) is 5.54 Å². The highest BCUT2D eigenvalue weighted by Gasteiger charge is 2.42. The molecule has 0 atom stereocenters. The monoisotopic (exact) mass is 191 g/mol. The van der Waals surface area contributed by atoms with E-state index in [0.717, 1.165) is 12.4 Å². The predicted molar refractivity (Wildman–Crippen MR) is 57.6 cm³/mol. The zero-order chi connectivity index (χ0) is 10.0. The van der Waals surface area contributed by atoms with Crippen LogP contribution in [0.1, 0.15) is 25.3 Å². The molecular formula is C12H17NO. The summed E-state index contributed by atoms with van der Waals surface area (Å²) in [6.45, 7) is 2.74. The topological polar surface area (TPSA) is 21.3 Å². The molecule has 1 saturated carbocycles. The van der Waals surface area contributed by atoms with Gasteiger partial charge in [0.25, 0.3) is 0 Å². The Morgan fingerprint density at radius 2 is 2.21 bits per heavy atom. The van der Waals surface area contributed by atoms with Crippen molar-refractivity contribution in [2.45, 2.75) is 25.3 Å². The van der Waals surface area contributed by atoms with Crippen molar-refractivity contribution in [2.24, 2.45) is 0 Å². The average molecular weight is 191 g/mol. The quantitative estimate of drug-likeness (QED) is 0.788. The van der Waals surface area contributed by atoms with Crippen molar-refractivity contribution in [3.63, 3.8) is 0 Å². The zero-order valence-corrected chi connectivity index (χ0v) is 8.84. The predicted octanol–water partition coefficient (Wildman–Crippen LogP) is 2.29. The normalized spacial score (nSPS) is 17.9. The van der Waals surface area contributed by atoms with Crippen LogP contribution in [0.15, 0.2) is 24.3 Å². The smallest absolute Gasteiger partial charge is 0.119 e. The standard InChI is InChI=1S/C12H17NO/c1-3-14-11-6-4-5-10(9-11)12(13-2)7-8-12/h4-6,9,13H,3,7-8H2,1-2H3. The van der Waals surface area contributed by atoms with Crippen molar-refractivity contribution in [3.8, 4) is 5.75 Å². The molecule has 1 N–H and O–H groups in total. The molecule has 0 radical (unpaired) electrons. The number of rotatable bonds is 4. The van der Waals surface area contributed by atoms with E-state index in [9.17, 15) is 0 Å². The molecule has 0 spiro atoms. The summed E-state index contributed by atoms with van der Waals surface area (Å²) in [6, 6.07) is 8.40. The Kier molecular flexibility index (Phi) is 2.46. The highest BCUT2D eigenvalue weighted by atomic mass is 16.5. The number of benzene rings is 1. The van der Waals surface area contributed by atoms with E-state index in [4.69, 9.17) is 4.74 Å². The highest BCUT2D eigenvalue weighted by Crippen LogP contribution is 2.45. The molecule has 1 fully saturated rings. The zero-order valence-electron chi connectivity index (χ0n) is 8.84. The fourth-order valence-electron chi connectivity index (χ4n) is 1.86. The first-order valence-corrected chi connectivity index (χ1v) is 5.23. The lowest BCUT2D eigenvalue weighted by atomic mass is 10.1. The molecule has 1 aromatic carbocycles. The summed E-state index contributed by atoms with van der Waals surface area (Å²) in [6.07, 6.45) is 2.47. The van der Waals surface area contributed by atoms with Crippen LogP contribution in [-0.2, 0) is 5.54 Å². The molecule has 0 heterocycles. The Morgan fingerprint density at radius 3 is 2.79 bits per heavy atom. The van der Waals surface area contributed by atoms with E-state index in [0.29, 0.717) is 0 Å². The van der Waals surface area contributed by atoms with Gasteiger partial charge in [0.2, 0.25) is 0 Å². The van der Waals surface area contributed by atoms with Gasteiger partial charge in [-0.1, -0.05) is 12.1 Å². The van der Waals surface area contributed by atoms with Crippen LogP contribution < -0.4 is 10.1 Å². The van der Waals surface area contributed by atoms with E-state index >= 15 is 0 Å². The van der Waals surface area contributed by atoms with Gasteiger partial charge in [0.15, 0.2) is 0 Å². The molecule has 0 amide bonds. The summed E-state index contributed by atoms with van der Waals surface area (Å²) in [4.78, 5) is 0. The Bertz CT molecular complexity index is 318. The molecule has 2 rings (SSSR count). The van der Waals surface area contributed by atoms with Crippen LogP contribution in [0.3, 0.4) is 0 Å². The van der Waals surface area contributed by atoms with Crippen molar-refractivity contribution in [2.75, 3.05) is 13.7 Å². The summed E-state index contributed by atoms with van der Waals surface area (Å²) >= 11 is 0. The third-order valence-corrected chi connectivity index (χ3v) is 2.93. The second-order valence-electron chi connectivity index (χ2n) is 3.79. The van der Waals surface area contributed by atoms with Gasteiger partial charge in [-0.3, -0.25) is 0 Å². The van der Waals surface area contributed by atoms with Gasteiger partial charge in [-0.05, 0) is 44.5 Å². The van der Waals surface area contributed by atoms with Crippen molar-refractivity contribution in [3.05, 3.63) is 29.8 Å². The summed E-state index contributed by atoms with van der Waals surface area (Å²) in [7, 11) is 2.03. The van der Waals surface area contributed by atoms with Crippen LogP contribution in [0.2, 0.25) is 0 Å². The molecule has 1 aromatic rings. The molecule has 1 aliphatic carbocycles. The molecule has 14 heavy (non-hydrogen) atoms. The maximum Gasteiger partial charge on any atom is 0.119 e. The number of nitrogens with one attached hydrogen (secondary N) is 1. The lowest BCUT2D eigenvalue weighted by Crippen LogP contribution is -2.24. The van der Waals surface area contributed by atoms with E-state index in [2.05, 4.69) is 23.5 Å². The average Bonchev–Trinajstić information content (AvgIpc) is 2.99. The van der Waals surface area contributed by atoms with Crippen molar-refractivity contribution in [1.29, 1.82) is 0 Å². The van der Waals surface area contributed by atoms with Crippen molar-refractivity contribution >= 4 is 0 Å². The molecule has 0 bridgehead atoms. The third-order valence-electron chi connectivity index (χ3n) is 2.93. The highest BCUT2D eigenvalue weighted by molar-refractivity contribution is 5.36. The van der Waals surface area contributed by atoms with E-state index in [1.165, 1.54) is 18.4 Å². The van der Waals surface area contributed by atoms with Crippen LogP contribution in [0.5, 0.6) is 5.75 Å².